The number of nitrogens with two attached hydrogens (primary N) is 1. The zero-order valence-electron chi connectivity index (χ0n) is 11.1. The van der Waals surface area contributed by atoms with E-state index in [4.69, 9.17) is 5.73 Å². The van der Waals surface area contributed by atoms with Crippen LogP contribution in [0.4, 0.5) is 15.8 Å². The summed E-state index contributed by atoms with van der Waals surface area (Å²) in [6, 6.07) is 7.54. The molecule has 0 saturated heterocycles. The number of anilines is 2. The van der Waals surface area contributed by atoms with Crippen molar-refractivity contribution in [3.8, 4) is 0 Å². The summed E-state index contributed by atoms with van der Waals surface area (Å²) < 4.78 is 13.5. The molecule has 0 aliphatic rings. The molecule has 0 radical (unpaired) electrons. The van der Waals surface area contributed by atoms with Crippen molar-refractivity contribution in [2.75, 3.05) is 11.1 Å². The molecule has 0 spiro atoms. The minimum atomic E-state index is -0.395. The first-order chi connectivity index (χ1) is 9.38. The Morgan fingerprint density at radius 1 is 1.20 bits per heavy atom. The fourth-order valence-corrected chi connectivity index (χ4v) is 2.58. The standard InChI is InChI=1S/C15H14BrFN2O/c1-8-5-11(18)6-9(2)14(8)19-15(20)12-4-3-10(17)7-13(12)16/h3-7H,18H2,1-2H3,(H,19,20). The lowest BCUT2D eigenvalue weighted by Crippen LogP contribution is -2.14. The van der Waals surface area contributed by atoms with Crippen molar-refractivity contribution in [3.05, 3.63) is 57.3 Å². The Labute approximate surface area is 125 Å². The van der Waals surface area contributed by atoms with Crippen molar-refractivity contribution < 1.29 is 9.18 Å². The number of aryl methyl sites for hydroxylation is 2. The zero-order chi connectivity index (χ0) is 14.9. The van der Waals surface area contributed by atoms with Crippen LogP contribution in [0.3, 0.4) is 0 Å². The Bertz CT molecular complexity index is 663. The molecule has 0 aliphatic heterocycles. The third kappa shape index (κ3) is 2.99. The van der Waals surface area contributed by atoms with E-state index >= 15 is 0 Å². The molecule has 0 fully saturated rings. The molecule has 2 rings (SSSR count). The fourth-order valence-electron chi connectivity index (χ4n) is 2.05. The van der Waals surface area contributed by atoms with Crippen LogP contribution in [0.15, 0.2) is 34.8 Å². The van der Waals surface area contributed by atoms with Crippen molar-refractivity contribution >= 4 is 33.2 Å². The summed E-state index contributed by atoms with van der Waals surface area (Å²) in [4.78, 5) is 12.2. The van der Waals surface area contributed by atoms with Gasteiger partial charge in [-0.15, -0.1) is 0 Å². The minimum absolute atomic E-state index is 0.298. The van der Waals surface area contributed by atoms with Crippen LogP contribution in [0.5, 0.6) is 0 Å². The molecule has 20 heavy (non-hydrogen) atoms. The van der Waals surface area contributed by atoms with Gasteiger partial charge >= 0.3 is 0 Å². The third-order valence-electron chi connectivity index (χ3n) is 2.97. The van der Waals surface area contributed by atoms with E-state index in [1.807, 2.05) is 13.8 Å². The maximum Gasteiger partial charge on any atom is 0.256 e. The van der Waals surface area contributed by atoms with Crippen LogP contribution in [0, 0.1) is 19.7 Å². The Hall–Kier alpha value is -1.88. The van der Waals surface area contributed by atoms with Gasteiger partial charge < -0.3 is 11.1 Å². The molecule has 3 nitrogen and oxygen atoms in total. The van der Waals surface area contributed by atoms with E-state index in [0.29, 0.717) is 15.7 Å². The van der Waals surface area contributed by atoms with Crippen molar-refractivity contribution in [1.82, 2.24) is 0 Å². The van der Waals surface area contributed by atoms with Gasteiger partial charge in [-0.3, -0.25) is 4.79 Å². The van der Waals surface area contributed by atoms with Crippen molar-refractivity contribution in [3.63, 3.8) is 0 Å². The van der Waals surface area contributed by atoms with Gasteiger partial charge in [0.15, 0.2) is 0 Å². The predicted molar refractivity (Wildman–Crippen MR) is 82.4 cm³/mol. The largest absolute Gasteiger partial charge is 0.399 e. The highest BCUT2D eigenvalue weighted by Gasteiger charge is 2.13. The minimum Gasteiger partial charge on any atom is -0.399 e. The summed E-state index contributed by atoms with van der Waals surface area (Å²) in [5.74, 6) is -0.693. The second-order valence-corrected chi connectivity index (χ2v) is 5.46. The van der Waals surface area contributed by atoms with Gasteiger partial charge in [-0.2, -0.15) is 0 Å². The van der Waals surface area contributed by atoms with Gasteiger partial charge in [-0.25, -0.2) is 4.39 Å². The number of amides is 1. The summed E-state index contributed by atoms with van der Waals surface area (Å²) in [5.41, 5.74) is 9.27. The zero-order valence-corrected chi connectivity index (χ0v) is 12.7. The van der Waals surface area contributed by atoms with Crippen molar-refractivity contribution in [2.45, 2.75) is 13.8 Å². The monoisotopic (exact) mass is 336 g/mol. The first-order valence-corrected chi connectivity index (χ1v) is 6.81. The number of benzene rings is 2. The van der Waals surface area contributed by atoms with Crippen LogP contribution < -0.4 is 11.1 Å². The maximum atomic E-state index is 13.0. The van der Waals surface area contributed by atoms with Crippen LogP contribution in [-0.4, -0.2) is 5.91 Å². The molecule has 5 heteroatoms. The molecule has 0 bridgehead atoms. The highest BCUT2D eigenvalue weighted by Crippen LogP contribution is 2.25. The lowest BCUT2D eigenvalue weighted by atomic mass is 10.1. The molecule has 0 heterocycles. The Morgan fingerprint density at radius 3 is 2.35 bits per heavy atom. The van der Waals surface area contributed by atoms with E-state index in [2.05, 4.69) is 21.2 Å². The van der Waals surface area contributed by atoms with Gasteiger partial charge in [-0.1, -0.05) is 0 Å². The molecular formula is C15H14BrFN2O. The average molecular weight is 337 g/mol. The predicted octanol–water partition coefficient (Wildman–Crippen LogP) is 4.04. The van der Waals surface area contributed by atoms with E-state index in [0.717, 1.165) is 16.8 Å². The van der Waals surface area contributed by atoms with Gasteiger partial charge in [0.2, 0.25) is 0 Å². The summed E-state index contributed by atoms with van der Waals surface area (Å²) in [6.45, 7) is 3.75. The lowest BCUT2D eigenvalue weighted by molar-refractivity contribution is 0.102. The molecule has 0 atom stereocenters. The molecule has 104 valence electrons. The van der Waals surface area contributed by atoms with Gasteiger partial charge in [0.1, 0.15) is 5.82 Å². The van der Waals surface area contributed by atoms with E-state index in [9.17, 15) is 9.18 Å². The molecule has 3 N–H and O–H groups in total. The number of hydrogen-bond donors (Lipinski definition) is 2. The van der Waals surface area contributed by atoms with Gasteiger partial charge in [0.25, 0.3) is 5.91 Å². The molecule has 0 aliphatic carbocycles. The number of halogens is 2. The van der Waals surface area contributed by atoms with Crippen LogP contribution in [0.25, 0.3) is 0 Å². The molecule has 2 aromatic rings. The van der Waals surface area contributed by atoms with Crippen LogP contribution in [0.1, 0.15) is 21.5 Å². The smallest absolute Gasteiger partial charge is 0.256 e. The number of nitrogen functional groups attached to an aromatic ring is 1. The van der Waals surface area contributed by atoms with E-state index in [-0.39, 0.29) is 5.91 Å². The van der Waals surface area contributed by atoms with Crippen LogP contribution in [-0.2, 0) is 0 Å². The third-order valence-corrected chi connectivity index (χ3v) is 3.63. The summed E-state index contributed by atoms with van der Waals surface area (Å²) in [6.07, 6.45) is 0. The molecule has 0 unspecified atom stereocenters. The second-order valence-electron chi connectivity index (χ2n) is 4.61. The SMILES string of the molecule is Cc1cc(N)cc(C)c1NC(=O)c1ccc(F)cc1Br. The molecule has 0 saturated carbocycles. The Balaban J connectivity index is 2.33. The number of carbonyl (C=O) groups excluding carboxylic acids is 1. The average Bonchev–Trinajstić information content (AvgIpc) is 2.33. The van der Waals surface area contributed by atoms with Crippen molar-refractivity contribution in [1.29, 1.82) is 0 Å². The Kier molecular flexibility index (Phi) is 4.09. The van der Waals surface area contributed by atoms with Gasteiger partial charge in [0.05, 0.1) is 5.56 Å². The van der Waals surface area contributed by atoms with Gasteiger partial charge in [0, 0.05) is 15.8 Å². The summed E-state index contributed by atoms with van der Waals surface area (Å²) in [7, 11) is 0. The highest BCUT2D eigenvalue weighted by molar-refractivity contribution is 9.10. The van der Waals surface area contributed by atoms with Gasteiger partial charge in [-0.05, 0) is 71.2 Å². The second kappa shape index (κ2) is 5.63. The lowest BCUT2D eigenvalue weighted by Gasteiger charge is -2.13. The normalized spacial score (nSPS) is 10.4. The summed E-state index contributed by atoms with van der Waals surface area (Å²) in [5, 5.41) is 2.84. The Morgan fingerprint density at radius 2 is 1.80 bits per heavy atom. The topological polar surface area (TPSA) is 55.1 Å². The van der Waals surface area contributed by atoms with Crippen LogP contribution >= 0.6 is 15.9 Å². The molecule has 1 amide bonds. The number of rotatable bonds is 2. The highest BCUT2D eigenvalue weighted by atomic mass is 79.9. The quantitative estimate of drug-likeness (QED) is 0.813. The fraction of sp³-hybridized carbons (Fsp3) is 0.133. The first-order valence-electron chi connectivity index (χ1n) is 6.01. The van der Waals surface area contributed by atoms with E-state index in [1.54, 1.807) is 12.1 Å². The van der Waals surface area contributed by atoms with E-state index < -0.39 is 5.82 Å². The number of nitrogens with one attached hydrogen (secondary N) is 1. The molecule has 0 aromatic heterocycles. The first kappa shape index (κ1) is 14.5. The number of carbonyl (C=O) groups is 1. The summed E-state index contributed by atoms with van der Waals surface area (Å²) >= 11 is 3.19. The number of hydrogen-bond acceptors (Lipinski definition) is 2. The van der Waals surface area contributed by atoms with Crippen LogP contribution in [0.2, 0.25) is 0 Å². The molecular weight excluding hydrogens is 323 g/mol. The molecule has 2 aromatic carbocycles. The maximum absolute atomic E-state index is 13.0. The van der Waals surface area contributed by atoms with Crippen molar-refractivity contribution in [2.24, 2.45) is 0 Å². The van der Waals surface area contributed by atoms with E-state index in [1.165, 1.54) is 18.2 Å².